The van der Waals surface area contributed by atoms with Crippen LogP contribution in [0.25, 0.3) is 22.1 Å². The summed E-state index contributed by atoms with van der Waals surface area (Å²) in [5.41, 5.74) is 4.82. The Morgan fingerprint density at radius 1 is 0.757 bits per heavy atom. The summed E-state index contributed by atoms with van der Waals surface area (Å²) in [6.07, 6.45) is 4.04. The molecular formula is C51H63F2N9O8. The maximum atomic E-state index is 16.3. The first-order valence-corrected chi connectivity index (χ1v) is 24.5. The van der Waals surface area contributed by atoms with Crippen LogP contribution in [0.2, 0.25) is 0 Å². The van der Waals surface area contributed by atoms with Gasteiger partial charge in [-0.25, -0.2) is 28.3 Å². The van der Waals surface area contributed by atoms with Crippen LogP contribution in [-0.4, -0.2) is 113 Å². The molecule has 4 saturated heterocycles. The van der Waals surface area contributed by atoms with Crippen molar-refractivity contribution in [1.29, 1.82) is 0 Å². The topological polar surface area (TPSA) is 196 Å². The van der Waals surface area contributed by atoms with Gasteiger partial charge in [0.15, 0.2) is 17.4 Å². The van der Waals surface area contributed by atoms with E-state index in [4.69, 9.17) is 28.9 Å². The molecule has 19 heteroatoms. The number of aromatic amines is 2. The Balaban J connectivity index is 1.03. The molecule has 374 valence electrons. The lowest BCUT2D eigenvalue weighted by atomic mass is 9.84. The minimum Gasteiger partial charge on any atom is -0.487 e. The Kier molecular flexibility index (Phi) is 13.9. The highest BCUT2D eigenvalue weighted by Crippen LogP contribution is 2.49. The Hall–Kier alpha value is -6.50. The number of alkyl carbamates (subject to hydrolysis) is 2. The van der Waals surface area contributed by atoms with Crippen LogP contribution in [0.4, 0.5) is 24.1 Å². The fourth-order valence-corrected chi connectivity index (χ4v) is 10.7. The van der Waals surface area contributed by atoms with E-state index in [-0.39, 0.29) is 53.9 Å². The molecule has 4 aliphatic heterocycles. The molecule has 0 unspecified atom stereocenters. The minimum atomic E-state index is -0.798. The van der Waals surface area contributed by atoms with Gasteiger partial charge in [0, 0.05) is 30.9 Å². The summed E-state index contributed by atoms with van der Waals surface area (Å²) in [6, 6.07) is 11.8. The van der Waals surface area contributed by atoms with Gasteiger partial charge in [-0.2, -0.15) is 0 Å². The minimum absolute atomic E-state index is 0.135. The number of nitrogens with zero attached hydrogens (tertiary/aromatic N) is 5. The van der Waals surface area contributed by atoms with Crippen LogP contribution in [0.5, 0.6) is 5.75 Å². The van der Waals surface area contributed by atoms with E-state index in [0.29, 0.717) is 86.8 Å². The number of aromatic nitrogens is 4. The third kappa shape index (κ3) is 9.31. The van der Waals surface area contributed by atoms with Gasteiger partial charge in [-0.3, -0.25) is 9.59 Å². The molecule has 6 heterocycles. The van der Waals surface area contributed by atoms with E-state index in [1.165, 1.54) is 26.4 Å². The van der Waals surface area contributed by atoms with Crippen molar-refractivity contribution < 1.29 is 46.9 Å². The predicted molar refractivity (Wildman–Crippen MR) is 256 cm³/mol. The van der Waals surface area contributed by atoms with Crippen molar-refractivity contribution in [3.05, 3.63) is 82.9 Å². The highest BCUT2D eigenvalue weighted by atomic mass is 19.1. The molecule has 0 aliphatic carbocycles. The van der Waals surface area contributed by atoms with E-state index in [1.54, 1.807) is 9.80 Å². The number of carbonyl (C=O) groups is 4. The number of H-pyrrole nitrogens is 2. The number of imidazole rings is 2. The zero-order valence-corrected chi connectivity index (χ0v) is 40.6. The Morgan fingerprint density at radius 2 is 1.29 bits per heavy atom. The maximum Gasteiger partial charge on any atom is 0.407 e. The van der Waals surface area contributed by atoms with Gasteiger partial charge in [-0.15, -0.1) is 0 Å². The van der Waals surface area contributed by atoms with Gasteiger partial charge in [0.25, 0.3) is 0 Å². The summed E-state index contributed by atoms with van der Waals surface area (Å²) in [5, 5.41) is 5.36. The maximum absolute atomic E-state index is 16.3. The summed E-state index contributed by atoms with van der Waals surface area (Å²) >= 11 is 0. The van der Waals surface area contributed by atoms with E-state index in [9.17, 15) is 19.2 Å². The molecule has 0 spiro atoms. The average Bonchev–Trinajstić information content (AvgIpc) is 4.20. The second kappa shape index (κ2) is 20.1. The average molecular weight is 968 g/mol. The smallest absolute Gasteiger partial charge is 0.407 e. The van der Waals surface area contributed by atoms with E-state index in [0.717, 1.165) is 41.4 Å². The number of ether oxygens (including phenoxy) is 4. The lowest BCUT2D eigenvalue weighted by molar-refractivity contribution is -0.135. The molecule has 70 heavy (non-hydrogen) atoms. The molecule has 9 rings (SSSR count). The second-order valence-electron chi connectivity index (χ2n) is 19.5. The molecule has 0 radical (unpaired) electrons. The number of nitrogens with one attached hydrogen (secondary N) is 4. The lowest BCUT2D eigenvalue weighted by Gasteiger charge is -2.40. The highest BCUT2D eigenvalue weighted by molar-refractivity contribution is 5.87. The molecule has 0 bridgehead atoms. The third-order valence-electron chi connectivity index (χ3n) is 14.9. The standard InChI is InChI=1S/C51H63F2N9O8/c1-7-34(58-49(65)67-5)47(63)60-19-9-11-41(60)45-54-35-15-13-29(21-37(35)56-45)39-17-18-40(62(39)31-23-32(52)44(33(53)24-31)70-27-51(8-2)25-69-26-51)30-14-16-36-38(22-30)57-46(55-36)42-12-10-20-61(42)48(64)43(28(3)4)59-50(66)68-6/h13-16,21-24,28,34,39-43H,7-12,17-20,25-27H2,1-6H3,(H,54,56)(H,55,57)(H,58,65)(H,59,66)/t34-,39+,40+,41-,42-,43-/m0/s1. The molecule has 2 aromatic heterocycles. The summed E-state index contributed by atoms with van der Waals surface area (Å²) < 4.78 is 53.4. The molecule has 17 nitrogen and oxygen atoms in total. The first-order chi connectivity index (χ1) is 33.7. The monoisotopic (exact) mass is 967 g/mol. The zero-order valence-electron chi connectivity index (χ0n) is 40.6. The van der Waals surface area contributed by atoms with Crippen LogP contribution in [0.15, 0.2) is 48.5 Å². The number of hydrogen-bond donors (Lipinski definition) is 4. The predicted octanol–water partition coefficient (Wildman–Crippen LogP) is 8.45. The molecule has 0 saturated carbocycles. The van der Waals surface area contributed by atoms with Gasteiger partial charge in [-0.1, -0.05) is 39.8 Å². The molecule has 3 aromatic carbocycles. The number of rotatable bonds is 15. The number of likely N-dealkylation sites (tertiary alicyclic amines) is 2. The Labute approximate surface area is 405 Å². The van der Waals surface area contributed by atoms with Crippen LogP contribution in [0.1, 0.15) is 126 Å². The van der Waals surface area contributed by atoms with Crippen molar-refractivity contribution in [1.82, 2.24) is 40.4 Å². The highest BCUT2D eigenvalue weighted by Gasteiger charge is 2.42. The number of benzene rings is 3. The summed E-state index contributed by atoms with van der Waals surface area (Å²) in [6.45, 7) is 9.71. The third-order valence-corrected chi connectivity index (χ3v) is 14.9. The lowest BCUT2D eigenvalue weighted by Crippen LogP contribution is -2.51. The van der Waals surface area contributed by atoms with Gasteiger partial charge in [-0.05, 0) is 92.7 Å². The summed E-state index contributed by atoms with van der Waals surface area (Å²) in [5.74, 6) is -1.32. The van der Waals surface area contributed by atoms with E-state index < -0.39 is 41.7 Å². The van der Waals surface area contributed by atoms with E-state index >= 15 is 8.78 Å². The van der Waals surface area contributed by atoms with Gasteiger partial charge in [0.05, 0.1) is 85.7 Å². The van der Waals surface area contributed by atoms with Gasteiger partial charge >= 0.3 is 12.2 Å². The second-order valence-corrected chi connectivity index (χ2v) is 19.5. The van der Waals surface area contributed by atoms with Crippen LogP contribution in [0, 0.1) is 23.0 Å². The number of halogens is 2. The summed E-state index contributed by atoms with van der Waals surface area (Å²) in [7, 11) is 2.53. The van der Waals surface area contributed by atoms with Crippen molar-refractivity contribution in [2.45, 2.75) is 115 Å². The largest absolute Gasteiger partial charge is 0.487 e. The van der Waals surface area contributed by atoms with E-state index in [2.05, 4.69) is 25.5 Å². The molecule has 4 aliphatic rings. The quantitative estimate of drug-likeness (QED) is 0.0786. The first kappa shape index (κ1) is 48.5. The van der Waals surface area contributed by atoms with Crippen molar-refractivity contribution in [2.24, 2.45) is 11.3 Å². The van der Waals surface area contributed by atoms with Gasteiger partial charge in [0.2, 0.25) is 11.8 Å². The molecular weight excluding hydrogens is 905 g/mol. The van der Waals surface area contributed by atoms with Crippen LogP contribution >= 0.6 is 0 Å². The van der Waals surface area contributed by atoms with Crippen LogP contribution < -0.4 is 20.3 Å². The van der Waals surface area contributed by atoms with Crippen molar-refractivity contribution in [2.75, 3.05) is 52.0 Å². The van der Waals surface area contributed by atoms with Gasteiger partial charge in [0.1, 0.15) is 23.7 Å². The number of hydrogen-bond acceptors (Lipinski definition) is 11. The zero-order chi connectivity index (χ0) is 49.4. The SMILES string of the molecule is CC[C@H](NC(=O)OC)C(=O)N1CCC[C@H]1c1nc2ccc([C@H]3CC[C@H](c4ccc5nc([C@@H]6CCCN6C(=O)[C@@H](NC(=O)OC)C(C)C)[nH]c5c4)N3c3cc(F)c(OCC4(CC)COC4)c(F)c3)cc2[nH]1. The molecule has 5 aromatic rings. The normalized spacial score (nSPS) is 21.8. The number of methoxy groups -OCH3 is 2. The van der Waals surface area contributed by atoms with Crippen molar-refractivity contribution in [3.63, 3.8) is 0 Å². The first-order valence-electron chi connectivity index (χ1n) is 24.5. The number of amides is 4. The van der Waals surface area contributed by atoms with Crippen LogP contribution in [0.3, 0.4) is 0 Å². The Bertz CT molecular complexity index is 2730. The van der Waals surface area contributed by atoms with E-state index in [1.807, 2.05) is 64.1 Å². The number of fused-ring (bicyclic) bond motifs is 2. The number of carbonyl (C=O) groups excluding carboxylic acids is 4. The van der Waals surface area contributed by atoms with Crippen LogP contribution in [-0.2, 0) is 23.8 Å². The fourth-order valence-electron chi connectivity index (χ4n) is 10.7. The molecule has 4 fully saturated rings. The fraction of sp³-hybridized carbons (Fsp3) is 0.529. The van der Waals surface area contributed by atoms with Crippen molar-refractivity contribution in [3.8, 4) is 5.75 Å². The molecule has 4 amide bonds. The number of anilines is 1. The Morgan fingerprint density at radius 3 is 1.76 bits per heavy atom. The molecule has 4 N–H and O–H groups in total. The molecule has 6 atom stereocenters. The summed E-state index contributed by atoms with van der Waals surface area (Å²) in [4.78, 5) is 74.4. The van der Waals surface area contributed by atoms with Crippen molar-refractivity contribution >= 4 is 51.8 Å². The van der Waals surface area contributed by atoms with Gasteiger partial charge < -0.3 is 54.2 Å².